The fraction of sp³-hybridized carbons (Fsp3) is 0.318. The summed E-state index contributed by atoms with van der Waals surface area (Å²) in [6, 6.07) is 15.8. The number of H-pyrrole nitrogens is 1. The molecule has 4 rings (SSSR count). The van der Waals surface area contributed by atoms with Crippen molar-refractivity contribution >= 4 is 0 Å². The number of rotatable bonds is 8. The second-order valence-corrected chi connectivity index (χ2v) is 7.31. The molecule has 0 amide bonds. The van der Waals surface area contributed by atoms with Crippen molar-refractivity contribution in [3.8, 4) is 22.5 Å². The lowest BCUT2D eigenvalue weighted by molar-refractivity contribution is -0.0232. The number of alkyl halides is 2. The van der Waals surface area contributed by atoms with Crippen LogP contribution in [0.15, 0.2) is 48.5 Å². The van der Waals surface area contributed by atoms with Crippen LogP contribution < -0.4 is 0 Å². The Kier molecular flexibility index (Phi) is 5.83. The minimum absolute atomic E-state index is 0.255. The molecule has 2 aromatic heterocycles. The van der Waals surface area contributed by atoms with E-state index in [1.54, 1.807) is 11.6 Å². The van der Waals surface area contributed by atoms with Crippen LogP contribution in [-0.2, 0) is 18.9 Å². The number of nitrogens with one attached hydrogen (secondary N) is 1. The van der Waals surface area contributed by atoms with Crippen LogP contribution in [0.2, 0.25) is 0 Å². The van der Waals surface area contributed by atoms with Gasteiger partial charge in [0, 0.05) is 18.4 Å². The predicted molar refractivity (Wildman–Crippen MR) is 112 cm³/mol. The van der Waals surface area contributed by atoms with Gasteiger partial charge in [0.25, 0.3) is 0 Å². The molecule has 160 valence electrons. The first kappa shape index (κ1) is 20.8. The highest BCUT2D eigenvalue weighted by atomic mass is 19.3. The van der Waals surface area contributed by atoms with Gasteiger partial charge in [-0.3, -0.25) is 0 Å². The maximum absolute atomic E-state index is 14.3. The Morgan fingerprint density at radius 1 is 1.00 bits per heavy atom. The van der Waals surface area contributed by atoms with E-state index in [2.05, 4.69) is 30.7 Å². The summed E-state index contributed by atoms with van der Waals surface area (Å²) in [4.78, 5) is 4.10. The highest BCUT2D eigenvalue weighted by Gasteiger charge is 2.35. The highest BCUT2D eigenvalue weighted by Crippen LogP contribution is 2.31. The first-order valence-electron chi connectivity index (χ1n) is 10.3. The van der Waals surface area contributed by atoms with Crippen molar-refractivity contribution in [3.63, 3.8) is 0 Å². The zero-order chi connectivity index (χ0) is 21.8. The van der Waals surface area contributed by atoms with E-state index in [0.717, 1.165) is 22.3 Å². The normalized spacial score (nSPS) is 11.7. The van der Waals surface area contributed by atoms with Crippen LogP contribution in [0.1, 0.15) is 43.9 Å². The predicted octanol–water partition coefficient (Wildman–Crippen LogP) is 4.63. The van der Waals surface area contributed by atoms with Crippen molar-refractivity contribution in [2.45, 2.75) is 45.6 Å². The molecule has 9 heteroatoms. The van der Waals surface area contributed by atoms with Gasteiger partial charge in [-0.2, -0.15) is 8.78 Å². The van der Waals surface area contributed by atoms with Gasteiger partial charge < -0.3 is 0 Å². The summed E-state index contributed by atoms with van der Waals surface area (Å²) < 4.78 is 30.1. The van der Waals surface area contributed by atoms with Crippen LogP contribution in [0, 0.1) is 0 Å². The SMILES string of the molecule is CCCC(F)(F)c1nc(CC)n(Cc2ccc(-c3ccccc3-c3nnn[nH]3)cc2)n1. The summed E-state index contributed by atoms with van der Waals surface area (Å²) in [6.45, 7) is 4.00. The van der Waals surface area contributed by atoms with E-state index in [-0.39, 0.29) is 6.42 Å². The van der Waals surface area contributed by atoms with Crippen LogP contribution in [0.4, 0.5) is 8.78 Å². The number of nitrogens with zero attached hydrogens (tertiary/aromatic N) is 6. The van der Waals surface area contributed by atoms with Gasteiger partial charge in [-0.05, 0) is 33.5 Å². The molecule has 0 fully saturated rings. The third kappa shape index (κ3) is 4.35. The van der Waals surface area contributed by atoms with Crippen molar-refractivity contribution in [1.29, 1.82) is 0 Å². The zero-order valence-electron chi connectivity index (χ0n) is 17.4. The molecule has 2 aromatic carbocycles. The molecular weight excluding hydrogens is 400 g/mol. The molecule has 0 saturated heterocycles. The molecule has 0 atom stereocenters. The van der Waals surface area contributed by atoms with Crippen molar-refractivity contribution in [3.05, 3.63) is 65.7 Å². The molecule has 0 radical (unpaired) electrons. The largest absolute Gasteiger partial charge is 0.308 e. The lowest BCUT2D eigenvalue weighted by atomic mass is 9.98. The van der Waals surface area contributed by atoms with Crippen molar-refractivity contribution in [2.24, 2.45) is 0 Å². The van der Waals surface area contributed by atoms with Gasteiger partial charge in [-0.15, -0.1) is 10.2 Å². The van der Waals surface area contributed by atoms with E-state index in [1.807, 2.05) is 55.5 Å². The minimum Gasteiger partial charge on any atom is -0.245 e. The Balaban J connectivity index is 1.59. The van der Waals surface area contributed by atoms with E-state index in [9.17, 15) is 8.78 Å². The van der Waals surface area contributed by atoms with E-state index in [1.165, 1.54) is 0 Å². The van der Waals surface area contributed by atoms with Crippen LogP contribution in [0.5, 0.6) is 0 Å². The van der Waals surface area contributed by atoms with E-state index < -0.39 is 11.7 Å². The lowest BCUT2D eigenvalue weighted by Gasteiger charge is -2.10. The summed E-state index contributed by atoms with van der Waals surface area (Å²) >= 11 is 0. The van der Waals surface area contributed by atoms with Crippen LogP contribution in [-0.4, -0.2) is 35.4 Å². The summed E-state index contributed by atoms with van der Waals surface area (Å²) in [5, 5.41) is 18.2. The molecule has 0 aliphatic heterocycles. The number of aromatic amines is 1. The van der Waals surface area contributed by atoms with Gasteiger partial charge in [0.15, 0.2) is 5.82 Å². The number of hydrogen-bond donors (Lipinski definition) is 1. The quantitative estimate of drug-likeness (QED) is 0.447. The van der Waals surface area contributed by atoms with Crippen molar-refractivity contribution in [2.75, 3.05) is 0 Å². The maximum Gasteiger partial charge on any atom is 0.308 e. The summed E-state index contributed by atoms with van der Waals surface area (Å²) in [6.07, 6.45) is 0.650. The minimum atomic E-state index is -3.01. The van der Waals surface area contributed by atoms with Crippen LogP contribution >= 0.6 is 0 Å². The Labute approximate surface area is 178 Å². The summed E-state index contributed by atoms with van der Waals surface area (Å²) in [5.74, 6) is -2.25. The highest BCUT2D eigenvalue weighted by molar-refractivity contribution is 5.80. The maximum atomic E-state index is 14.3. The Hall–Kier alpha value is -3.49. The van der Waals surface area contributed by atoms with Crippen molar-refractivity contribution in [1.82, 2.24) is 35.4 Å². The molecule has 4 aromatic rings. The fourth-order valence-corrected chi connectivity index (χ4v) is 3.52. The summed E-state index contributed by atoms with van der Waals surface area (Å²) in [7, 11) is 0. The summed E-state index contributed by atoms with van der Waals surface area (Å²) in [5.41, 5.74) is 3.84. The standard InChI is InChI=1S/C22H23F2N7/c1-3-13-22(23,24)21-25-19(4-2)31(28-21)14-15-9-11-16(12-10-15)17-7-5-6-8-18(17)20-26-29-30-27-20/h5-12H,3-4,13-14H2,1-2H3,(H,26,27,29,30). The molecule has 0 aliphatic rings. The molecule has 0 aliphatic carbocycles. The molecule has 1 N–H and O–H groups in total. The van der Waals surface area contributed by atoms with Crippen LogP contribution in [0.3, 0.4) is 0 Å². The average molecular weight is 423 g/mol. The lowest BCUT2D eigenvalue weighted by Crippen LogP contribution is -2.15. The molecule has 0 unspecified atom stereocenters. The Morgan fingerprint density at radius 3 is 2.39 bits per heavy atom. The monoisotopic (exact) mass is 423 g/mol. The first-order chi connectivity index (χ1) is 15.0. The smallest absolute Gasteiger partial charge is 0.245 e. The number of hydrogen-bond acceptors (Lipinski definition) is 5. The molecular formula is C22H23F2N7. The topological polar surface area (TPSA) is 85.2 Å². The molecule has 0 saturated carbocycles. The first-order valence-corrected chi connectivity index (χ1v) is 10.3. The Morgan fingerprint density at radius 2 is 1.74 bits per heavy atom. The van der Waals surface area contributed by atoms with Gasteiger partial charge in [0.05, 0.1) is 6.54 Å². The number of aryl methyl sites for hydroxylation is 1. The molecule has 7 nitrogen and oxygen atoms in total. The molecule has 0 bridgehead atoms. The fourth-order valence-electron chi connectivity index (χ4n) is 3.52. The number of halogens is 2. The second-order valence-electron chi connectivity index (χ2n) is 7.31. The zero-order valence-corrected chi connectivity index (χ0v) is 17.4. The average Bonchev–Trinajstić information content (AvgIpc) is 3.45. The number of benzene rings is 2. The van der Waals surface area contributed by atoms with E-state index in [0.29, 0.717) is 31.0 Å². The van der Waals surface area contributed by atoms with Gasteiger partial charge in [-0.1, -0.05) is 62.4 Å². The third-order valence-corrected chi connectivity index (χ3v) is 5.08. The molecule has 2 heterocycles. The number of tetrazole rings is 1. The number of aromatic nitrogens is 7. The molecule has 31 heavy (non-hydrogen) atoms. The second kappa shape index (κ2) is 8.71. The van der Waals surface area contributed by atoms with Gasteiger partial charge in [0.1, 0.15) is 5.82 Å². The van der Waals surface area contributed by atoms with Crippen molar-refractivity contribution < 1.29 is 8.78 Å². The van der Waals surface area contributed by atoms with Gasteiger partial charge in [-0.25, -0.2) is 14.8 Å². The van der Waals surface area contributed by atoms with Crippen LogP contribution in [0.25, 0.3) is 22.5 Å². The van der Waals surface area contributed by atoms with E-state index >= 15 is 0 Å². The van der Waals surface area contributed by atoms with E-state index in [4.69, 9.17) is 0 Å². The third-order valence-electron chi connectivity index (χ3n) is 5.08. The van der Waals surface area contributed by atoms with Gasteiger partial charge >= 0.3 is 5.92 Å². The van der Waals surface area contributed by atoms with Gasteiger partial charge in [0.2, 0.25) is 5.82 Å². The Bertz CT molecular complexity index is 1140. The molecule has 0 spiro atoms.